The molecule has 0 aliphatic heterocycles. The van der Waals surface area contributed by atoms with Crippen LogP contribution in [0.25, 0.3) is 0 Å². The summed E-state index contributed by atoms with van der Waals surface area (Å²) in [4.78, 5) is 47.1. The standard InChI is InChI=1S/C20H38N4O8S2/c1-19(2,11-25)15(29)17(31)23-9-13(27)21-5-7-33-34-8-6-22-14(28)10-24-18(32)16(30)20(3,4)12-26/h15-16,25-26,29-30H,5-12H2,1-4H3,(H,21,27)(H,22,28)(H,23,31)(H,24,32)/t15-,16-/m0/s1. The summed E-state index contributed by atoms with van der Waals surface area (Å²) in [7, 11) is 2.96. The molecule has 0 aromatic heterocycles. The van der Waals surface area contributed by atoms with Crippen molar-refractivity contribution in [3.8, 4) is 0 Å². The van der Waals surface area contributed by atoms with Gasteiger partial charge in [0, 0.05) is 35.4 Å². The molecule has 0 aromatic rings. The first-order valence-electron chi connectivity index (χ1n) is 10.7. The van der Waals surface area contributed by atoms with Gasteiger partial charge < -0.3 is 41.7 Å². The van der Waals surface area contributed by atoms with E-state index in [4.69, 9.17) is 10.2 Å². The highest BCUT2D eigenvalue weighted by Gasteiger charge is 2.33. The van der Waals surface area contributed by atoms with Crippen LogP contribution in [0.5, 0.6) is 0 Å². The zero-order valence-corrected chi connectivity index (χ0v) is 21.7. The first kappa shape index (κ1) is 32.4. The summed E-state index contributed by atoms with van der Waals surface area (Å²) >= 11 is 0. The molecule has 0 spiro atoms. The van der Waals surface area contributed by atoms with Crippen LogP contribution >= 0.6 is 21.6 Å². The normalized spacial score (nSPS) is 13.5. The van der Waals surface area contributed by atoms with E-state index >= 15 is 0 Å². The molecule has 198 valence electrons. The number of rotatable bonds is 17. The fraction of sp³-hybridized carbons (Fsp3) is 0.800. The Morgan fingerprint density at radius 1 is 0.676 bits per heavy atom. The fourth-order valence-electron chi connectivity index (χ4n) is 2.12. The Kier molecular flexibility index (Phi) is 15.4. The largest absolute Gasteiger partial charge is 0.396 e. The molecule has 0 heterocycles. The van der Waals surface area contributed by atoms with Gasteiger partial charge in [-0.2, -0.15) is 0 Å². The van der Waals surface area contributed by atoms with Crippen LogP contribution in [-0.2, 0) is 19.2 Å². The van der Waals surface area contributed by atoms with Gasteiger partial charge in [-0.15, -0.1) is 0 Å². The lowest BCUT2D eigenvalue weighted by Crippen LogP contribution is -2.48. The summed E-state index contributed by atoms with van der Waals surface area (Å²) in [6, 6.07) is 0. The van der Waals surface area contributed by atoms with E-state index in [1.54, 1.807) is 0 Å². The molecule has 0 aliphatic rings. The van der Waals surface area contributed by atoms with Crippen LogP contribution in [0.3, 0.4) is 0 Å². The van der Waals surface area contributed by atoms with Gasteiger partial charge in [-0.05, 0) is 0 Å². The quantitative estimate of drug-likeness (QED) is 0.0746. The number of aliphatic hydroxyl groups excluding tert-OH is 4. The predicted octanol–water partition coefficient (Wildman–Crippen LogP) is -2.41. The van der Waals surface area contributed by atoms with Gasteiger partial charge in [0.05, 0.1) is 26.3 Å². The van der Waals surface area contributed by atoms with E-state index in [0.717, 1.165) is 0 Å². The van der Waals surface area contributed by atoms with E-state index in [1.807, 2.05) is 0 Å². The van der Waals surface area contributed by atoms with Gasteiger partial charge in [-0.25, -0.2) is 0 Å². The number of carbonyl (C=O) groups excluding carboxylic acids is 4. The molecule has 0 fully saturated rings. The van der Waals surface area contributed by atoms with Crippen molar-refractivity contribution in [3.05, 3.63) is 0 Å². The van der Waals surface area contributed by atoms with Crippen LogP contribution in [0.1, 0.15) is 27.7 Å². The third-order valence-electron chi connectivity index (χ3n) is 4.74. The SMILES string of the molecule is CC(C)(CO)[C@@H](O)C(=O)NCC(=O)NCCSSCCNC(=O)CNC(=O)[C@H](O)C(C)(C)CO. The van der Waals surface area contributed by atoms with Crippen molar-refractivity contribution in [1.29, 1.82) is 0 Å². The van der Waals surface area contributed by atoms with E-state index in [0.29, 0.717) is 24.6 Å². The molecule has 0 radical (unpaired) electrons. The van der Waals surface area contributed by atoms with Crippen molar-refractivity contribution >= 4 is 45.2 Å². The Bertz CT molecular complexity index is 623. The molecule has 0 rings (SSSR count). The first-order chi connectivity index (χ1) is 15.8. The third-order valence-corrected chi connectivity index (χ3v) is 7.15. The second kappa shape index (κ2) is 16.2. The topological polar surface area (TPSA) is 197 Å². The average Bonchev–Trinajstić information content (AvgIpc) is 2.81. The lowest BCUT2D eigenvalue weighted by Gasteiger charge is -2.27. The molecule has 0 unspecified atom stereocenters. The second-order valence-electron chi connectivity index (χ2n) is 8.88. The molecule has 12 nitrogen and oxygen atoms in total. The second-order valence-corrected chi connectivity index (χ2v) is 11.6. The molecule has 4 amide bonds. The van der Waals surface area contributed by atoms with Gasteiger partial charge in [-0.3, -0.25) is 19.2 Å². The highest BCUT2D eigenvalue weighted by molar-refractivity contribution is 8.76. The predicted molar refractivity (Wildman–Crippen MR) is 131 cm³/mol. The Labute approximate surface area is 207 Å². The molecule has 0 saturated carbocycles. The van der Waals surface area contributed by atoms with Crippen molar-refractivity contribution < 1.29 is 39.6 Å². The van der Waals surface area contributed by atoms with E-state index in [1.165, 1.54) is 49.3 Å². The molecular formula is C20H38N4O8S2. The Morgan fingerprint density at radius 2 is 1.00 bits per heavy atom. The van der Waals surface area contributed by atoms with Crippen LogP contribution in [-0.4, -0.2) is 107 Å². The van der Waals surface area contributed by atoms with Gasteiger partial charge in [-0.1, -0.05) is 49.3 Å². The smallest absolute Gasteiger partial charge is 0.249 e. The van der Waals surface area contributed by atoms with Crippen molar-refractivity contribution in [2.24, 2.45) is 10.8 Å². The van der Waals surface area contributed by atoms with Crippen molar-refractivity contribution in [2.45, 2.75) is 39.9 Å². The third kappa shape index (κ3) is 12.8. The van der Waals surface area contributed by atoms with Crippen molar-refractivity contribution in [2.75, 3.05) is 50.9 Å². The summed E-state index contributed by atoms with van der Waals surface area (Å²) in [5, 5.41) is 47.9. The first-order valence-corrected chi connectivity index (χ1v) is 13.2. The zero-order chi connectivity index (χ0) is 26.4. The Balaban J connectivity index is 3.81. The van der Waals surface area contributed by atoms with Gasteiger partial charge in [0.15, 0.2) is 0 Å². The molecule has 0 saturated heterocycles. The molecule has 34 heavy (non-hydrogen) atoms. The van der Waals surface area contributed by atoms with Crippen LogP contribution in [0, 0.1) is 10.8 Å². The summed E-state index contributed by atoms with van der Waals surface area (Å²) in [6.45, 7) is 5.52. The summed E-state index contributed by atoms with van der Waals surface area (Å²) < 4.78 is 0. The van der Waals surface area contributed by atoms with Gasteiger partial charge in [0.2, 0.25) is 23.6 Å². The maximum absolute atomic E-state index is 11.8. The molecule has 0 bridgehead atoms. The van der Waals surface area contributed by atoms with E-state index in [-0.39, 0.29) is 26.3 Å². The Morgan fingerprint density at radius 3 is 1.29 bits per heavy atom. The lowest BCUT2D eigenvalue weighted by atomic mass is 9.87. The number of hydrogen-bond acceptors (Lipinski definition) is 10. The van der Waals surface area contributed by atoms with Crippen molar-refractivity contribution in [3.63, 3.8) is 0 Å². The average molecular weight is 527 g/mol. The number of amides is 4. The van der Waals surface area contributed by atoms with Crippen molar-refractivity contribution in [1.82, 2.24) is 21.3 Å². The molecule has 0 aromatic carbocycles. The van der Waals surface area contributed by atoms with Gasteiger partial charge >= 0.3 is 0 Å². The monoisotopic (exact) mass is 526 g/mol. The van der Waals surface area contributed by atoms with Crippen LogP contribution in [0.15, 0.2) is 0 Å². The number of carbonyl (C=O) groups is 4. The van der Waals surface area contributed by atoms with E-state index in [2.05, 4.69) is 21.3 Å². The minimum atomic E-state index is -1.43. The van der Waals surface area contributed by atoms with Crippen LogP contribution in [0.4, 0.5) is 0 Å². The molecule has 2 atom stereocenters. The maximum Gasteiger partial charge on any atom is 0.249 e. The Hall–Kier alpha value is -1.58. The molecular weight excluding hydrogens is 488 g/mol. The summed E-state index contributed by atoms with van der Waals surface area (Å²) in [5.41, 5.74) is -2.02. The van der Waals surface area contributed by atoms with E-state index in [9.17, 15) is 29.4 Å². The summed E-state index contributed by atoms with van der Waals surface area (Å²) in [5.74, 6) is -1.10. The lowest BCUT2D eigenvalue weighted by molar-refractivity contribution is -0.138. The number of nitrogens with one attached hydrogen (secondary N) is 4. The molecule has 0 aliphatic carbocycles. The van der Waals surface area contributed by atoms with Crippen LogP contribution in [0.2, 0.25) is 0 Å². The van der Waals surface area contributed by atoms with Crippen LogP contribution < -0.4 is 21.3 Å². The number of hydrogen-bond donors (Lipinski definition) is 8. The van der Waals surface area contributed by atoms with E-state index < -0.39 is 46.7 Å². The highest BCUT2D eigenvalue weighted by atomic mass is 33.1. The van der Waals surface area contributed by atoms with Gasteiger partial charge in [0.25, 0.3) is 0 Å². The maximum atomic E-state index is 11.8. The van der Waals surface area contributed by atoms with Gasteiger partial charge in [0.1, 0.15) is 12.2 Å². The molecule has 8 N–H and O–H groups in total. The minimum absolute atomic E-state index is 0.285. The highest BCUT2D eigenvalue weighted by Crippen LogP contribution is 2.20. The number of aliphatic hydroxyl groups is 4. The molecule has 14 heteroatoms. The zero-order valence-electron chi connectivity index (χ0n) is 20.0. The summed E-state index contributed by atoms with van der Waals surface area (Å²) in [6.07, 6.45) is -2.86. The minimum Gasteiger partial charge on any atom is -0.396 e. The fourth-order valence-corrected chi connectivity index (χ4v) is 3.93.